The summed E-state index contributed by atoms with van der Waals surface area (Å²) in [6, 6.07) is 0. The monoisotopic (exact) mass is 295 g/mol. The topological polar surface area (TPSA) is 75.1 Å². The Balaban J connectivity index is -0.000000605. The first kappa shape index (κ1) is 19.7. The van der Waals surface area contributed by atoms with Crippen molar-refractivity contribution in [2.45, 2.75) is 52.9 Å². The Kier molecular flexibility index (Phi) is 13.7. The molecule has 0 aliphatic rings. The zero-order valence-electron chi connectivity index (χ0n) is 9.36. The molecular weight excluding hydrogens is 274 g/mol. The number of hydrogen-bond donors (Lipinski definition) is 1. The molecule has 0 fully saturated rings. The minimum absolute atomic E-state index is 0. The third-order valence-corrected chi connectivity index (χ3v) is 1.81. The van der Waals surface area contributed by atoms with E-state index in [2.05, 4.69) is 20.8 Å². The van der Waals surface area contributed by atoms with Crippen LogP contribution in [0.3, 0.4) is 0 Å². The van der Waals surface area contributed by atoms with Crippen LogP contribution in [0.4, 0.5) is 0 Å². The van der Waals surface area contributed by atoms with Gasteiger partial charge in [0.05, 0.1) is 0 Å². The van der Waals surface area contributed by atoms with Crippen molar-refractivity contribution in [3.8, 4) is 0 Å². The number of carbonyl (C=O) groups excluding carboxylic acids is 1. The van der Waals surface area contributed by atoms with E-state index in [0.29, 0.717) is 5.41 Å². The van der Waals surface area contributed by atoms with Crippen molar-refractivity contribution >= 4 is 5.97 Å². The molecule has 0 spiro atoms. The van der Waals surface area contributed by atoms with Gasteiger partial charge in [-0.3, -0.25) is 0 Å². The molecule has 0 saturated carbocycles. The Morgan fingerprint density at radius 3 is 2.00 bits per heavy atom. The molecule has 0 aliphatic carbocycles. The third-order valence-electron chi connectivity index (χ3n) is 1.81. The summed E-state index contributed by atoms with van der Waals surface area (Å²) in [5, 5.41) is 10.0. The largest absolute Gasteiger partial charge is 1.00 e. The molecule has 0 unspecified atom stereocenters. The summed E-state index contributed by atoms with van der Waals surface area (Å²) in [6.45, 7) is 6.60. The van der Waals surface area contributed by atoms with E-state index in [4.69, 9.17) is 0 Å². The van der Waals surface area contributed by atoms with Gasteiger partial charge in [0.25, 0.3) is 0 Å². The van der Waals surface area contributed by atoms with E-state index in [1.54, 1.807) is 0 Å². The molecule has 0 radical (unpaired) electrons. The summed E-state index contributed by atoms with van der Waals surface area (Å²) in [6.07, 6.45) is 4.27. The molecule has 0 rings (SSSR count). The number of carboxylic acid groups (broad SMARTS) is 1. The first-order valence-electron chi connectivity index (χ1n) is 4.62. The molecule has 0 aromatic heterocycles. The van der Waals surface area contributed by atoms with Crippen molar-refractivity contribution < 1.29 is 32.3 Å². The van der Waals surface area contributed by atoms with Crippen LogP contribution in [0.15, 0.2) is 0 Å². The first-order valence-corrected chi connectivity index (χ1v) is 4.62. The van der Waals surface area contributed by atoms with E-state index in [0.717, 1.165) is 19.3 Å². The molecule has 0 atom stereocenters. The minimum Gasteiger partial charge on any atom is -0.550 e. The molecule has 0 amide bonds. The van der Waals surface area contributed by atoms with Gasteiger partial charge in [0, 0.05) is 5.97 Å². The standard InChI is InChI=1S/C10H20O2.Ag.H3N/c1-10(2,3)8-6-4-5-7-9(11)12;;/h4-8H2,1-3H3,(H,11,12);;1H3/q;+1;/p-1. The van der Waals surface area contributed by atoms with Gasteiger partial charge in [-0.05, 0) is 24.7 Å². The molecule has 0 bridgehead atoms. The molecule has 90 valence electrons. The Morgan fingerprint density at radius 2 is 1.64 bits per heavy atom. The summed E-state index contributed by atoms with van der Waals surface area (Å²) in [5.41, 5.74) is 0.376. The van der Waals surface area contributed by atoms with Crippen LogP contribution in [-0.2, 0) is 27.2 Å². The number of aliphatic carboxylic acids is 1. The van der Waals surface area contributed by atoms with Gasteiger partial charge in [-0.1, -0.05) is 33.6 Å². The maximum atomic E-state index is 10.0. The van der Waals surface area contributed by atoms with Crippen LogP contribution in [0, 0.1) is 5.41 Å². The van der Waals surface area contributed by atoms with Gasteiger partial charge in [0.1, 0.15) is 0 Å². The van der Waals surface area contributed by atoms with Crippen LogP contribution in [0.5, 0.6) is 0 Å². The van der Waals surface area contributed by atoms with Gasteiger partial charge < -0.3 is 16.1 Å². The summed E-state index contributed by atoms with van der Waals surface area (Å²) < 4.78 is 0. The zero-order valence-corrected chi connectivity index (χ0v) is 10.8. The SMILES string of the molecule is CC(C)(C)CCCCCC(=O)[O-].N.[Ag+]. The van der Waals surface area contributed by atoms with E-state index in [-0.39, 0.29) is 35.0 Å². The maximum Gasteiger partial charge on any atom is 1.00 e. The number of carbonyl (C=O) groups is 1. The second kappa shape index (κ2) is 9.71. The van der Waals surface area contributed by atoms with Crippen molar-refractivity contribution in [3.63, 3.8) is 0 Å². The Bertz CT molecular complexity index is 144. The molecule has 14 heavy (non-hydrogen) atoms. The number of hydrogen-bond acceptors (Lipinski definition) is 3. The summed E-state index contributed by atoms with van der Waals surface area (Å²) >= 11 is 0. The fourth-order valence-electron chi connectivity index (χ4n) is 1.10. The molecular formula is C10H22AgNO2. The smallest absolute Gasteiger partial charge is 0.550 e. The number of carboxylic acids is 1. The Morgan fingerprint density at radius 1 is 1.14 bits per heavy atom. The van der Waals surface area contributed by atoms with Crippen molar-refractivity contribution in [1.82, 2.24) is 6.15 Å². The molecule has 0 aromatic rings. The number of unbranched alkanes of at least 4 members (excludes halogenated alkanes) is 2. The second-order valence-corrected chi connectivity index (χ2v) is 4.49. The number of rotatable bonds is 5. The summed E-state index contributed by atoms with van der Waals surface area (Å²) in [5.74, 6) is -0.925. The van der Waals surface area contributed by atoms with Crippen LogP contribution >= 0.6 is 0 Å². The molecule has 0 heterocycles. The first-order chi connectivity index (χ1) is 5.42. The molecule has 4 heteroatoms. The molecule has 0 saturated heterocycles. The van der Waals surface area contributed by atoms with Gasteiger partial charge in [0.2, 0.25) is 0 Å². The van der Waals surface area contributed by atoms with E-state index in [1.807, 2.05) is 0 Å². The summed E-state index contributed by atoms with van der Waals surface area (Å²) in [4.78, 5) is 10.0. The van der Waals surface area contributed by atoms with Crippen LogP contribution < -0.4 is 11.3 Å². The van der Waals surface area contributed by atoms with Crippen molar-refractivity contribution in [2.24, 2.45) is 5.41 Å². The van der Waals surface area contributed by atoms with Crippen LogP contribution in [-0.4, -0.2) is 5.97 Å². The van der Waals surface area contributed by atoms with Crippen LogP contribution in [0.2, 0.25) is 0 Å². The predicted octanol–water partition coefficient (Wildman–Crippen LogP) is 1.89. The zero-order chi connectivity index (χ0) is 9.61. The van der Waals surface area contributed by atoms with E-state index in [9.17, 15) is 9.90 Å². The fourth-order valence-corrected chi connectivity index (χ4v) is 1.10. The third kappa shape index (κ3) is 18.1. The van der Waals surface area contributed by atoms with Gasteiger partial charge >= 0.3 is 22.4 Å². The maximum absolute atomic E-state index is 10.0. The van der Waals surface area contributed by atoms with Crippen molar-refractivity contribution in [3.05, 3.63) is 0 Å². The minimum atomic E-state index is -0.925. The van der Waals surface area contributed by atoms with E-state index >= 15 is 0 Å². The quantitative estimate of drug-likeness (QED) is 0.622. The van der Waals surface area contributed by atoms with Gasteiger partial charge in [-0.2, -0.15) is 0 Å². The van der Waals surface area contributed by atoms with Crippen molar-refractivity contribution in [2.75, 3.05) is 0 Å². The second-order valence-electron chi connectivity index (χ2n) is 4.49. The average Bonchev–Trinajstić information content (AvgIpc) is 1.83. The van der Waals surface area contributed by atoms with E-state index in [1.165, 1.54) is 6.42 Å². The molecule has 3 nitrogen and oxygen atoms in total. The van der Waals surface area contributed by atoms with Crippen LogP contribution in [0.25, 0.3) is 0 Å². The average molecular weight is 296 g/mol. The summed E-state index contributed by atoms with van der Waals surface area (Å²) in [7, 11) is 0. The van der Waals surface area contributed by atoms with Gasteiger partial charge in [-0.15, -0.1) is 0 Å². The predicted molar refractivity (Wildman–Crippen MR) is 52.6 cm³/mol. The normalized spacial score (nSPS) is 9.93. The van der Waals surface area contributed by atoms with Crippen LogP contribution in [0.1, 0.15) is 52.9 Å². The van der Waals surface area contributed by atoms with Gasteiger partial charge in [0.15, 0.2) is 0 Å². The van der Waals surface area contributed by atoms with Crippen molar-refractivity contribution in [1.29, 1.82) is 0 Å². The van der Waals surface area contributed by atoms with Gasteiger partial charge in [-0.25, -0.2) is 0 Å². The fraction of sp³-hybridized carbons (Fsp3) is 0.900. The molecule has 0 aliphatic heterocycles. The Labute approximate surface area is 103 Å². The Hall–Kier alpha value is 0.170. The van der Waals surface area contributed by atoms with E-state index < -0.39 is 5.97 Å². The molecule has 3 N–H and O–H groups in total. The molecule has 0 aromatic carbocycles.